The zero-order valence-corrected chi connectivity index (χ0v) is 11.0. The molecule has 1 heterocycles. The van der Waals surface area contributed by atoms with Crippen molar-refractivity contribution in [2.45, 2.75) is 4.90 Å². The van der Waals surface area contributed by atoms with Crippen LogP contribution in [0.1, 0.15) is 0 Å². The first kappa shape index (κ1) is 13.6. The number of halogens is 2. The van der Waals surface area contributed by atoms with Crippen molar-refractivity contribution in [2.75, 3.05) is 10.5 Å². The molecule has 0 amide bonds. The fourth-order valence-electron chi connectivity index (χ4n) is 1.40. The Kier molecular flexibility index (Phi) is 3.59. The van der Waals surface area contributed by atoms with E-state index in [9.17, 15) is 12.8 Å². The van der Waals surface area contributed by atoms with Crippen LogP contribution in [0.4, 0.5) is 15.8 Å². The lowest BCUT2D eigenvalue weighted by Crippen LogP contribution is -2.15. The zero-order valence-electron chi connectivity index (χ0n) is 9.47. The molecule has 3 N–H and O–H groups in total. The summed E-state index contributed by atoms with van der Waals surface area (Å²) in [6.07, 6.45) is 1.25. The summed E-state index contributed by atoms with van der Waals surface area (Å²) < 4.78 is 39.6. The molecule has 0 unspecified atom stereocenters. The quantitative estimate of drug-likeness (QED) is 0.672. The Labute approximate surface area is 114 Å². The van der Waals surface area contributed by atoms with Crippen LogP contribution in [0.3, 0.4) is 0 Å². The molecule has 100 valence electrons. The average molecular weight is 302 g/mol. The van der Waals surface area contributed by atoms with E-state index in [2.05, 4.69) is 9.71 Å². The molecule has 2 rings (SSSR count). The van der Waals surface area contributed by atoms with E-state index in [0.29, 0.717) is 0 Å². The molecule has 0 saturated heterocycles. The van der Waals surface area contributed by atoms with Crippen LogP contribution in [0.15, 0.2) is 41.4 Å². The Morgan fingerprint density at radius 2 is 2.00 bits per heavy atom. The number of nitrogen functional groups attached to an aromatic ring is 1. The van der Waals surface area contributed by atoms with Crippen molar-refractivity contribution in [3.8, 4) is 0 Å². The highest BCUT2D eigenvalue weighted by Gasteiger charge is 2.19. The van der Waals surface area contributed by atoms with Crippen LogP contribution in [0, 0.1) is 5.82 Å². The highest BCUT2D eigenvalue weighted by molar-refractivity contribution is 7.92. The molecule has 5 nitrogen and oxygen atoms in total. The van der Waals surface area contributed by atoms with Crippen molar-refractivity contribution in [1.29, 1.82) is 0 Å². The average Bonchev–Trinajstić information content (AvgIpc) is 2.35. The normalized spacial score (nSPS) is 11.3. The Hall–Kier alpha value is -1.86. The van der Waals surface area contributed by atoms with Gasteiger partial charge in [-0.15, -0.1) is 0 Å². The van der Waals surface area contributed by atoms with Crippen molar-refractivity contribution >= 4 is 33.0 Å². The summed E-state index contributed by atoms with van der Waals surface area (Å²) in [6.45, 7) is 0. The van der Waals surface area contributed by atoms with E-state index in [1.165, 1.54) is 30.5 Å². The van der Waals surface area contributed by atoms with Gasteiger partial charge in [0, 0.05) is 0 Å². The van der Waals surface area contributed by atoms with Crippen molar-refractivity contribution in [1.82, 2.24) is 4.98 Å². The summed E-state index contributed by atoms with van der Waals surface area (Å²) >= 11 is 5.59. The van der Waals surface area contributed by atoms with Crippen molar-refractivity contribution in [3.63, 3.8) is 0 Å². The second-order valence-corrected chi connectivity index (χ2v) is 5.66. The largest absolute Gasteiger partial charge is 0.395 e. The van der Waals surface area contributed by atoms with Crippen molar-refractivity contribution < 1.29 is 12.8 Å². The Bertz CT molecular complexity index is 704. The second-order valence-electron chi connectivity index (χ2n) is 3.63. The van der Waals surface area contributed by atoms with E-state index in [1.807, 2.05) is 0 Å². The van der Waals surface area contributed by atoms with E-state index in [0.717, 1.165) is 6.07 Å². The van der Waals surface area contributed by atoms with Gasteiger partial charge >= 0.3 is 0 Å². The topological polar surface area (TPSA) is 85.1 Å². The number of anilines is 2. The molecule has 0 atom stereocenters. The highest BCUT2D eigenvalue weighted by atomic mass is 35.5. The van der Waals surface area contributed by atoms with Gasteiger partial charge in [0.05, 0.1) is 17.6 Å². The first-order valence-corrected chi connectivity index (χ1v) is 6.94. The number of hydrogen-bond acceptors (Lipinski definition) is 4. The number of rotatable bonds is 3. The van der Waals surface area contributed by atoms with Crippen LogP contribution in [0.5, 0.6) is 0 Å². The van der Waals surface area contributed by atoms with Gasteiger partial charge in [0.2, 0.25) is 0 Å². The number of para-hydroxylation sites is 1. The standard InChI is InChI=1S/C11H9ClFN3O2S/c12-10-5-4-7(6-15-10)16-19(17,18)9-3-1-2-8(13)11(9)14/h1-6,16H,14H2. The highest BCUT2D eigenvalue weighted by Crippen LogP contribution is 2.23. The molecule has 0 bridgehead atoms. The Balaban J connectivity index is 2.38. The number of nitrogens with zero attached hydrogens (tertiary/aromatic N) is 1. The predicted molar refractivity (Wildman–Crippen MR) is 70.9 cm³/mol. The van der Waals surface area contributed by atoms with E-state index in [4.69, 9.17) is 17.3 Å². The third-order valence-electron chi connectivity index (χ3n) is 2.28. The second kappa shape index (κ2) is 5.02. The first-order chi connectivity index (χ1) is 8.90. The number of hydrogen-bond donors (Lipinski definition) is 2. The smallest absolute Gasteiger partial charge is 0.264 e. The molecule has 0 spiro atoms. The molecule has 0 aliphatic rings. The molecular formula is C11H9ClFN3O2S. The molecule has 0 fully saturated rings. The van der Waals surface area contributed by atoms with Gasteiger partial charge in [-0.25, -0.2) is 17.8 Å². The summed E-state index contributed by atoms with van der Waals surface area (Å²) in [5, 5.41) is 0.230. The molecule has 0 radical (unpaired) electrons. The SMILES string of the molecule is Nc1c(F)cccc1S(=O)(=O)Nc1ccc(Cl)nc1. The fraction of sp³-hybridized carbons (Fsp3) is 0. The maximum Gasteiger partial charge on any atom is 0.264 e. The number of nitrogens with two attached hydrogens (primary N) is 1. The molecule has 19 heavy (non-hydrogen) atoms. The van der Waals surface area contributed by atoms with Crippen LogP contribution >= 0.6 is 11.6 Å². The molecular weight excluding hydrogens is 293 g/mol. The van der Waals surface area contributed by atoms with E-state index < -0.39 is 21.5 Å². The third-order valence-corrected chi connectivity index (χ3v) is 3.95. The number of nitrogens with one attached hydrogen (secondary N) is 1. The molecule has 0 aliphatic carbocycles. The maximum absolute atomic E-state index is 13.3. The number of aromatic nitrogens is 1. The van der Waals surface area contributed by atoms with E-state index in [-0.39, 0.29) is 15.7 Å². The maximum atomic E-state index is 13.3. The van der Waals surface area contributed by atoms with Crippen molar-refractivity contribution in [3.05, 3.63) is 47.5 Å². The van der Waals surface area contributed by atoms with Gasteiger partial charge in [0.25, 0.3) is 10.0 Å². The molecule has 8 heteroatoms. The number of benzene rings is 1. The number of pyridine rings is 1. The molecule has 1 aromatic heterocycles. The first-order valence-electron chi connectivity index (χ1n) is 5.08. The molecule has 0 saturated carbocycles. The van der Waals surface area contributed by atoms with Gasteiger partial charge in [0.15, 0.2) is 0 Å². The lowest BCUT2D eigenvalue weighted by Gasteiger charge is -2.10. The summed E-state index contributed by atoms with van der Waals surface area (Å²) in [4.78, 5) is 3.40. The summed E-state index contributed by atoms with van der Waals surface area (Å²) in [6, 6.07) is 6.42. The minimum Gasteiger partial charge on any atom is -0.395 e. The van der Waals surface area contributed by atoms with Gasteiger partial charge in [0.1, 0.15) is 15.9 Å². The van der Waals surface area contributed by atoms with E-state index in [1.54, 1.807) is 0 Å². The summed E-state index contributed by atoms with van der Waals surface area (Å²) in [7, 11) is -3.98. The monoisotopic (exact) mass is 301 g/mol. The summed E-state index contributed by atoms with van der Waals surface area (Å²) in [5.41, 5.74) is 5.18. The van der Waals surface area contributed by atoms with Gasteiger partial charge in [-0.1, -0.05) is 17.7 Å². The van der Waals surface area contributed by atoms with E-state index >= 15 is 0 Å². The minimum atomic E-state index is -3.98. The third kappa shape index (κ3) is 2.94. The minimum absolute atomic E-state index is 0.202. The van der Waals surface area contributed by atoms with Gasteiger partial charge < -0.3 is 5.73 Å². The molecule has 2 aromatic rings. The van der Waals surface area contributed by atoms with Crippen LogP contribution < -0.4 is 10.5 Å². The fourth-order valence-corrected chi connectivity index (χ4v) is 2.70. The molecule has 1 aromatic carbocycles. The van der Waals surface area contributed by atoms with Crippen LogP contribution in [0.25, 0.3) is 0 Å². The summed E-state index contributed by atoms with van der Waals surface area (Å²) in [5.74, 6) is -0.794. The zero-order chi connectivity index (χ0) is 14.0. The van der Waals surface area contributed by atoms with Crippen LogP contribution in [0.2, 0.25) is 5.15 Å². The van der Waals surface area contributed by atoms with Crippen molar-refractivity contribution in [2.24, 2.45) is 0 Å². The Morgan fingerprint density at radius 1 is 1.26 bits per heavy atom. The lowest BCUT2D eigenvalue weighted by atomic mass is 10.3. The predicted octanol–water partition coefficient (Wildman–Crippen LogP) is 2.26. The van der Waals surface area contributed by atoms with Crippen LogP contribution in [-0.2, 0) is 10.0 Å². The van der Waals surface area contributed by atoms with Gasteiger partial charge in [-0.05, 0) is 24.3 Å². The Morgan fingerprint density at radius 3 is 2.63 bits per heavy atom. The lowest BCUT2D eigenvalue weighted by molar-refractivity contribution is 0.597. The van der Waals surface area contributed by atoms with Gasteiger partial charge in [-0.2, -0.15) is 0 Å². The van der Waals surface area contributed by atoms with Gasteiger partial charge in [-0.3, -0.25) is 4.72 Å². The number of sulfonamides is 1. The molecule has 0 aliphatic heterocycles. The van der Waals surface area contributed by atoms with Crippen LogP contribution in [-0.4, -0.2) is 13.4 Å².